The van der Waals surface area contributed by atoms with Gasteiger partial charge in [-0.05, 0) is 13.3 Å². The summed E-state index contributed by atoms with van der Waals surface area (Å²) in [4.78, 5) is 0. The SMILES string of the molecule is CCCC[C@H](O)[C@H]([C@H](C)O)[Si](C)(C)C. The molecule has 0 rings (SSSR count). The molecule has 0 aliphatic rings. The molecule has 2 nitrogen and oxygen atoms in total. The van der Waals surface area contributed by atoms with Crippen LogP contribution in [0.4, 0.5) is 0 Å². The molecule has 3 heteroatoms. The van der Waals surface area contributed by atoms with Gasteiger partial charge in [-0.15, -0.1) is 0 Å². The lowest BCUT2D eigenvalue weighted by atomic mass is 10.1. The molecular weight excluding hydrogens is 192 g/mol. The Hall–Kier alpha value is 0.137. The lowest BCUT2D eigenvalue weighted by Crippen LogP contribution is -2.42. The van der Waals surface area contributed by atoms with Gasteiger partial charge in [0.2, 0.25) is 0 Å². The van der Waals surface area contributed by atoms with Crippen molar-refractivity contribution in [3.05, 3.63) is 0 Å². The van der Waals surface area contributed by atoms with Crippen LogP contribution in [0.2, 0.25) is 25.2 Å². The molecule has 0 aliphatic heterocycles. The van der Waals surface area contributed by atoms with Crippen LogP contribution in [0.25, 0.3) is 0 Å². The van der Waals surface area contributed by atoms with Crippen molar-refractivity contribution in [2.45, 2.75) is 70.5 Å². The third-order valence-corrected chi connectivity index (χ3v) is 5.65. The summed E-state index contributed by atoms with van der Waals surface area (Å²) in [7, 11) is -1.46. The van der Waals surface area contributed by atoms with Crippen LogP contribution in [0.3, 0.4) is 0 Å². The minimum Gasteiger partial charge on any atom is -0.393 e. The molecule has 0 heterocycles. The zero-order chi connectivity index (χ0) is 11.4. The predicted molar refractivity (Wildman–Crippen MR) is 64.3 cm³/mol. The monoisotopic (exact) mass is 218 g/mol. The van der Waals surface area contributed by atoms with Crippen molar-refractivity contribution in [3.63, 3.8) is 0 Å². The Bertz CT molecular complexity index is 152. The fourth-order valence-electron chi connectivity index (χ4n) is 2.22. The van der Waals surface area contributed by atoms with Crippen molar-refractivity contribution in [2.24, 2.45) is 0 Å². The average Bonchev–Trinajstić information content (AvgIpc) is 1.97. The zero-order valence-electron chi connectivity index (χ0n) is 10.2. The van der Waals surface area contributed by atoms with E-state index in [1.807, 2.05) is 0 Å². The van der Waals surface area contributed by atoms with Gasteiger partial charge in [0.1, 0.15) is 0 Å². The molecule has 14 heavy (non-hydrogen) atoms. The normalized spacial score (nSPS) is 19.1. The van der Waals surface area contributed by atoms with Gasteiger partial charge < -0.3 is 10.2 Å². The number of hydrogen-bond donors (Lipinski definition) is 2. The van der Waals surface area contributed by atoms with E-state index < -0.39 is 8.07 Å². The summed E-state index contributed by atoms with van der Waals surface area (Å²) in [6.45, 7) is 10.6. The maximum absolute atomic E-state index is 10.0. The Labute approximate surface area is 89.4 Å². The van der Waals surface area contributed by atoms with E-state index in [1.54, 1.807) is 6.92 Å². The van der Waals surface area contributed by atoms with Crippen molar-refractivity contribution in [3.8, 4) is 0 Å². The molecule has 0 fully saturated rings. The maximum Gasteiger partial charge on any atom is 0.0569 e. The van der Waals surface area contributed by atoms with Crippen LogP contribution < -0.4 is 0 Å². The Morgan fingerprint density at radius 3 is 1.93 bits per heavy atom. The van der Waals surface area contributed by atoms with Gasteiger partial charge in [-0.25, -0.2) is 0 Å². The van der Waals surface area contributed by atoms with E-state index >= 15 is 0 Å². The van der Waals surface area contributed by atoms with Crippen LogP contribution in [0.1, 0.15) is 33.1 Å². The summed E-state index contributed by atoms with van der Waals surface area (Å²) in [5, 5.41) is 19.7. The standard InChI is InChI=1S/C11H26O2Si/c1-6-7-8-10(13)11(9(2)12)14(3,4)5/h9-13H,6-8H2,1-5H3/t9-,10-,11-/m0/s1. The Balaban J connectivity index is 4.34. The highest BCUT2D eigenvalue weighted by atomic mass is 28.3. The highest BCUT2D eigenvalue weighted by Gasteiger charge is 2.35. The van der Waals surface area contributed by atoms with Gasteiger partial charge in [-0.3, -0.25) is 0 Å². The van der Waals surface area contributed by atoms with Crippen molar-refractivity contribution in [1.29, 1.82) is 0 Å². The summed E-state index contributed by atoms with van der Waals surface area (Å²) >= 11 is 0. The molecule has 2 N–H and O–H groups in total. The van der Waals surface area contributed by atoms with Crippen molar-refractivity contribution in [1.82, 2.24) is 0 Å². The average molecular weight is 218 g/mol. The minimum atomic E-state index is -1.46. The third kappa shape index (κ3) is 4.58. The van der Waals surface area contributed by atoms with Crippen molar-refractivity contribution < 1.29 is 10.2 Å². The number of hydrogen-bond acceptors (Lipinski definition) is 2. The van der Waals surface area contributed by atoms with E-state index in [-0.39, 0.29) is 17.7 Å². The second-order valence-electron chi connectivity index (χ2n) is 5.34. The molecule has 0 unspecified atom stereocenters. The van der Waals surface area contributed by atoms with E-state index in [0.29, 0.717) is 0 Å². The fourth-order valence-corrected chi connectivity index (χ4v) is 4.98. The number of aliphatic hydroxyl groups excluding tert-OH is 2. The molecule has 86 valence electrons. The summed E-state index contributed by atoms with van der Waals surface area (Å²) in [6.07, 6.45) is 2.29. The Kier molecular flexibility index (Phi) is 5.94. The lowest BCUT2D eigenvalue weighted by molar-refractivity contribution is 0.0807. The lowest BCUT2D eigenvalue weighted by Gasteiger charge is -2.35. The van der Waals surface area contributed by atoms with Crippen LogP contribution in [-0.4, -0.2) is 30.5 Å². The van der Waals surface area contributed by atoms with Crippen molar-refractivity contribution in [2.75, 3.05) is 0 Å². The molecular formula is C11H26O2Si. The first kappa shape index (κ1) is 14.1. The van der Waals surface area contributed by atoms with Crippen LogP contribution >= 0.6 is 0 Å². The van der Waals surface area contributed by atoms with Crippen LogP contribution in [-0.2, 0) is 0 Å². The first-order chi connectivity index (χ1) is 6.30. The van der Waals surface area contributed by atoms with Gasteiger partial charge in [-0.2, -0.15) is 0 Å². The quantitative estimate of drug-likeness (QED) is 0.673. The predicted octanol–water partition coefficient (Wildman–Crippen LogP) is 2.63. The molecule has 0 aromatic carbocycles. The Morgan fingerprint density at radius 2 is 1.64 bits per heavy atom. The molecule has 0 aliphatic carbocycles. The molecule has 0 aromatic rings. The first-order valence-corrected chi connectivity index (χ1v) is 9.24. The molecule has 0 saturated carbocycles. The molecule has 0 amide bonds. The number of rotatable bonds is 6. The molecule has 0 spiro atoms. The first-order valence-electron chi connectivity index (χ1n) is 5.66. The van der Waals surface area contributed by atoms with Gasteiger partial charge in [0.25, 0.3) is 0 Å². The fraction of sp³-hybridized carbons (Fsp3) is 1.00. The second-order valence-corrected chi connectivity index (χ2v) is 10.7. The van der Waals surface area contributed by atoms with Gasteiger partial charge in [0.15, 0.2) is 0 Å². The summed E-state index contributed by atoms with van der Waals surface area (Å²) in [5.41, 5.74) is 0.106. The van der Waals surface area contributed by atoms with Gasteiger partial charge >= 0.3 is 0 Å². The largest absolute Gasteiger partial charge is 0.393 e. The third-order valence-electron chi connectivity index (χ3n) is 2.79. The van der Waals surface area contributed by atoms with E-state index in [9.17, 15) is 10.2 Å². The summed E-state index contributed by atoms with van der Waals surface area (Å²) in [5.74, 6) is 0. The smallest absolute Gasteiger partial charge is 0.0569 e. The minimum absolute atomic E-state index is 0.106. The molecule has 3 atom stereocenters. The van der Waals surface area contributed by atoms with Crippen LogP contribution in [0.5, 0.6) is 0 Å². The molecule has 0 radical (unpaired) electrons. The topological polar surface area (TPSA) is 40.5 Å². The number of unbranched alkanes of at least 4 members (excludes halogenated alkanes) is 1. The maximum atomic E-state index is 10.0. The van der Waals surface area contributed by atoms with E-state index in [0.717, 1.165) is 19.3 Å². The zero-order valence-corrected chi connectivity index (χ0v) is 11.2. The summed E-state index contributed by atoms with van der Waals surface area (Å²) < 4.78 is 0. The molecule has 0 bridgehead atoms. The van der Waals surface area contributed by atoms with Crippen LogP contribution in [0.15, 0.2) is 0 Å². The highest BCUT2D eigenvalue weighted by Crippen LogP contribution is 2.31. The van der Waals surface area contributed by atoms with Crippen molar-refractivity contribution >= 4 is 8.07 Å². The number of aliphatic hydroxyl groups is 2. The Morgan fingerprint density at radius 1 is 1.14 bits per heavy atom. The van der Waals surface area contributed by atoms with E-state index in [4.69, 9.17) is 0 Å². The van der Waals surface area contributed by atoms with Crippen LogP contribution in [0, 0.1) is 0 Å². The van der Waals surface area contributed by atoms with Gasteiger partial charge in [0.05, 0.1) is 20.3 Å². The van der Waals surface area contributed by atoms with E-state index in [2.05, 4.69) is 26.6 Å². The van der Waals surface area contributed by atoms with Gasteiger partial charge in [0, 0.05) is 5.54 Å². The molecule has 0 saturated heterocycles. The second kappa shape index (κ2) is 5.88. The summed E-state index contributed by atoms with van der Waals surface area (Å²) in [6, 6.07) is 0. The molecule has 0 aromatic heterocycles. The highest BCUT2D eigenvalue weighted by molar-refractivity contribution is 6.77. The van der Waals surface area contributed by atoms with Gasteiger partial charge in [-0.1, -0.05) is 39.4 Å². The van der Waals surface area contributed by atoms with E-state index in [1.165, 1.54) is 0 Å².